The van der Waals surface area contributed by atoms with Gasteiger partial charge < -0.3 is 14.2 Å². The van der Waals surface area contributed by atoms with E-state index in [2.05, 4.69) is 10.3 Å². The number of carbonyl (C=O) groups excluding carboxylic acids is 1. The summed E-state index contributed by atoms with van der Waals surface area (Å²) in [6, 6.07) is 7.77. The number of fused-ring (bicyclic) bond motifs is 1. The summed E-state index contributed by atoms with van der Waals surface area (Å²) >= 11 is 5.99. The van der Waals surface area contributed by atoms with Crippen molar-refractivity contribution in [3.63, 3.8) is 0 Å². The number of primary sulfonamides is 1. The first-order valence-corrected chi connectivity index (χ1v) is 10.7. The van der Waals surface area contributed by atoms with Gasteiger partial charge in [-0.2, -0.15) is 0 Å². The van der Waals surface area contributed by atoms with Crippen LogP contribution >= 0.6 is 11.6 Å². The molecule has 148 valence electrons. The maximum atomic E-state index is 12.3. The van der Waals surface area contributed by atoms with Crippen molar-refractivity contribution in [1.82, 2.24) is 10.3 Å². The van der Waals surface area contributed by atoms with Gasteiger partial charge in [0.25, 0.3) is 15.9 Å². The molecule has 1 saturated carbocycles. The monoisotopic (exact) mass is 423 g/mol. The third-order valence-electron chi connectivity index (χ3n) is 4.86. The van der Waals surface area contributed by atoms with E-state index in [4.69, 9.17) is 25.6 Å². The van der Waals surface area contributed by atoms with E-state index in [1.807, 2.05) is 0 Å². The van der Waals surface area contributed by atoms with Crippen LogP contribution in [-0.2, 0) is 10.0 Å². The topological polar surface area (TPSA) is 128 Å². The summed E-state index contributed by atoms with van der Waals surface area (Å²) in [5, 5.41) is 8.04. The van der Waals surface area contributed by atoms with Gasteiger partial charge in [-0.3, -0.25) is 4.79 Å². The molecule has 0 radical (unpaired) electrons. The van der Waals surface area contributed by atoms with Crippen LogP contribution in [0.15, 0.2) is 44.3 Å². The molecule has 1 amide bonds. The minimum absolute atomic E-state index is 0.0365. The number of nitrogens with two attached hydrogens (primary N) is 1. The fraction of sp³-hybridized carbons (Fsp3) is 0.333. The molecular weight excluding hydrogens is 406 g/mol. The largest absolute Gasteiger partial charge is 0.440 e. The SMILES string of the molecule is NS(=O)(=O)c1ccc(C(=O)N[C@H]2CC[C@H](c3nc4cc(Cl)ccc4o3)CC2)o1. The van der Waals surface area contributed by atoms with Crippen LogP contribution in [0.4, 0.5) is 0 Å². The minimum Gasteiger partial charge on any atom is -0.440 e. The molecule has 0 atom stereocenters. The van der Waals surface area contributed by atoms with Gasteiger partial charge in [0, 0.05) is 17.0 Å². The Kier molecular flexibility index (Phi) is 4.90. The van der Waals surface area contributed by atoms with Crippen molar-refractivity contribution in [3.05, 3.63) is 47.0 Å². The van der Waals surface area contributed by atoms with Crippen molar-refractivity contribution in [2.24, 2.45) is 5.14 Å². The second-order valence-corrected chi connectivity index (χ2v) is 8.78. The lowest BCUT2D eigenvalue weighted by atomic mass is 9.86. The Labute approximate surface area is 166 Å². The van der Waals surface area contributed by atoms with Crippen molar-refractivity contribution in [2.45, 2.75) is 42.7 Å². The zero-order valence-electron chi connectivity index (χ0n) is 14.7. The van der Waals surface area contributed by atoms with Gasteiger partial charge in [-0.05, 0) is 56.0 Å². The number of rotatable bonds is 4. The molecule has 2 aromatic heterocycles. The number of nitrogens with one attached hydrogen (secondary N) is 1. The van der Waals surface area contributed by atoms with Crippen LogP contribution in [0.5, 0.6) is 0 Å². The van der Waals surface area contributed by atoms with E-state index in [9.17, 15) is 13.2 Å². The van der Waals surface area contributed by atoms with Crippen LogP contribution in [-0.4, -0.2) is 25.4 Å². The number of hydrogen-bond acceptors (Lipinski definition) is 6. The average Bonchev–Trinajstić information content (AvgIpc) is 3.29. The van der Waals surface area contributed by atoms with Crippen molar-refractivity contribution < 1.29 is 22.0 Å². The van der Waals surface area contributed by atoms with E-state index < -0.39 is 21.0 Å². The molecule has 3 N–H and O–H groups in total. The molecule has 8 nitrogen and oxygen atoms in total. The van der Waals surface area contributed by atoms with Crippen LogP contribution in [0, 0.1) is 0 Å². The summed E-state index contributed by atoms with van der Waals surface area (Å²) in [5.41, 5.74) is 1.44. The summed E-state index contributed by atoms with van der Waals surface area (Å²) < 4.78 is 33.4. The fourth-order valence-corrected chi connectivity index (χ4v) is 4.06. The molecule has 0 unspecified atom stereocenters. The standard InChI is InChI=1S/C18H18ClN3O5S/c19-11-3-6-14-13(9-11)22-18(27-14)10-1-4-12(5-2-10)21-17(23)15-7-8-16(26-15)28(20,24)25/h3,6-10,12H,1-2,4-5H2,(H,21,23)(H2,20,24,25)/t10-,12-. The predicted octanol–water partition coefficient (Wildman–Crippen LogP) is 3.18. The molecule has 4 rings (SSSR count). The number of benzene rings is 1. The van der Waals surface area contributed by atoms with Crippen LogP contribution in [0.25, 0.3) is 11.1 Å². The molecular formula is C18H18ClN3O5S. The van der Waals surface area contributed by atoms with Crippen molar-refractivity contribution in [2.75, 3.05) is 0 Å². The molecule has 0 spiro atoms. The van der Waals surface area contributed by atoms with Crippen LogP contribution < -0.4 is 10.5 Å². The van der Waals surface area contributed by atoms with Gasteiger partial charge in [-0.25, -0.2) is 18.5 Å². The highest BCUT2D eigenvalue weighted by Crippen LogP contribution is 2.34. The van der Waals surface area contributed by atoms with Gasteiger partial charge in [0.15, 0.2) is 17.2 Å². The van der Waals surface area contributed by atoms with Crippen LogP contribution in [0.2, 0.25) is 5.02 Å². The van der Waals surface area contributed by atoms with E-state index in [0.29, 0.717) is 16.5 Å². The first-order valence-electron chi connectivity index (χ1n) is 8.79. The van der Waals surface area contributed by atoms with Crippen molar-refractivity contribution in [3.8, 4) is 0 Å². The van der Waals surface area contributed by atoms with Gasteiger partial charge in [0.1, 0.15) is 5.52 Å². The van der Waals surface area contributed by atoms with Gasteiger partial charge >= 0.3 is 0 Å². The van der Waals surface area contributed by atoms with Crippen LogP contribution in [0.1, 0.15) is 48.0 Å². The summed E-state index contributed by atoms with van der Waals surface area (Å²) in [4.78, 5) is 16.8. The maximum Gasteiger partial charge on any atom is 0.287 e. The number of sulfonamides is 1. The van der Waals surface area contributed by atoms with E-state index >= 15 is 0 Å². The molecule has 0 aliphatic heterocycles. The number of carbonyl (C=O) groups is 1. The van der Waals surface area contributed by atoms with E-state index in [1.165, 1.54) is 12.1 Å². The van der Waals surface area contributed by atoms with Gasteiger partial charge in [-0.15, -0.1) is 0 Å². The molecule has 28 heavy (non-hydrogen) atoms. The first kappa shape index (κ1) is 19.0. The van der Waals surface area contributed by atoms with E-state index in [1.54, 1.807) is 18.2 Å². The van der Waals surface area contributed by atoms with Gasteiger partial charge in [0.2, 0.25) is 5.09 Å². The molecule has 0 saturated heterocycles. The third kappa shape index (κ3) is 3.91. The lowest BCUT2D eigenvalue weighted by molar-refractivity contribution is 0.0891. The van der Waals surface area contributed by atoms with Crippen LogP contribution in [0.3, 0.4) is 0 Å². The van der Waals surface area contributed by atoms with Gasteiger partial charge in [0.05, 0.1) is 0 Å². The van der Waals surface area contributed by atoms with E-state index in [-0.39, 0.29) is 17.7 Å². The second kappa shape index (κ2) is 7.23. The highest BCUT2D eigenvalue weighted by Gasteiger charge is 2.28. The number of amides is 1. The lowest BCUT2D eigenvalue weighted by Crippen LogP contribution is -2.37. The first-order chi connectivity index (χ1) is 13.3. The molecule has 10 heteroatoms. The Hall–Kier alpha value is -2.36. The Morgan fingerprint density at radius 3 is 2.57 bits per heavy atom. The Morgan fingerprint density at radius 2 is 1.89 bits per heavy atom. The third-order valence-corrected chi connectivity index (χ3v) is 5.88. The number of nitrogens with zero attached hydrogens (tertiary/aromatic N) is 1. The molecule has 1 aliphatic rings. The minimum atomic E-state index is -3.97. The highest BCUT2D eigenvalue weighted by molar-refractivity contribution is 7.89. The molecule has 3 aromatic rings. The Bertz CT molecular complexity index is 1130. The maximum absolute atomic E-state index is 12.3. The predicted molar refractivity (Wildman–Crippen MR) is 102 cm³/mol. The molecule has 1 fully saturated rings. The quantitative estimate of drug-likeness (QED) is 0.663. The highest BCUT2D eigenvalue weighted by atomic mass is 35.5. The fourth-order valence-electron chi connectivity index (χ4n) is 3.43. The number of oxazole rings is 1. The Balaban J connectivity index is 1.37. The average molecular weight is 424 g/mol. The van der Waals surface area contributed by atoms with E-state index in [0.717, 1.165) is 31.2 Å². The molecule has 1 aromatic carbocycles. The van der Waals surface area contributed by atoms with Crippen molar-refractivity contribution >= 4 is 38.6 Å². The Morgan fingerprint density at radius 1 is 1.14 bits per heavy atom. The zero-order chi connectivity index (χ0) is 19.9. The lowest BCUT2D eigenvalue weighted by Gasteiger charge is -2.27. The summed E-state index contributed by atoms with van der Waals surface area (Å²) in [6.45, 7) is 0. The number of furan rings is 1. The summed E-state index contributed by atoms with van der Waals surface area (Å²) in [7, 11) is -3.97. The zero-order valence-corrected chi connectivity index (χ0v) is 16.3. The van der Waals surface area contributed by atoms with Crippen molar-refractivity contribution in [1.29, 1.82) is 0 Å². The molecule has 0 bridgehead atoms. The molecule has 2 heterocycles. The van der Waals surface area contributed by atoms with Gasteiger partial charge in [-0.1, -0.05) is 11.6 Å². The second-order valence-electron chi connectivity index (χ2n) is 6.85. The molecule has 1 aliphatic carbocycles. The number of aromatic nitrogens is 1. The number of hydrogen-bond donors (Lipinski definition) is 2. The smallest absolute Gasteiger partial charge is 0.287 e. The summed E-state index contributed by atoms with van der Waals surface area (Å²) in [6.07, 6.45) is 3.12. The number of halogens is 1. The summed E-state index contributed by atoms with van der Waals surface area (Å²) in [5.74, 6) is 0.319. The normalized spacial score (nSPS) is 20.4.